The van der Waals surface area contributed by atoms with Gasteiger partial charge in [-0.15, -0.1) is 0 Å². The molecular formula is C19H23N3O3. The predicted molar refractivity (Wildman–Crippen MR) is 95.9 cm³/mol. The average molecular weight is 341 g/mol. The van der Waals surface area contributed by atoms with Crippen molar-refractivity contribution in [3.05, 3.63) is 41.2 Å². The number of para-hydroxylation sites is 1. The Labute approximate surface area is 147 Å². The Kier molecular flexibility index (Phi) is 4.88. The molecule has 6 nitrogen and oxygen atoms in total. The Morgan fingerprint density at radius 2 is 2.08 bits per heavy atom. The van der Waals surface area contributed by atoms with Gasteiger partial charge in [0, 0.05) is 30.8 Å². The molecule has 25 heavy (non-hydrogen) atoms. The number of nitrogens with zero attached hydrogens (tertiary/aromatic N) is 3. The van der Waals surface area contributed by atoms with E-state index in [2.05, 4.69) is 20.9 Å². The number of methoxy groups -OCH3 is 2. The van der Waals surface area contributed by atoms with Crippen molar-refractivity contribution in [2.75, 3.05) is 32.2 Å². The number of rotatable bonds is 5. The van der Waals surface area contributed by atoms with Crippen molar-refractivity contribution in [1.29, 1.82) is 0 Å². The quantitative estimate of drug-likeness (QED) is 0.779. The standard InChI is InChI=1S/C19H23N3O3/c1-12-16(13(2)23)10-20-19(21-12)22-9-8-14(11-22)15-6-5-7-17(24-3)18(15)25-4/h5-7,10,14H,8-9,11H2,1-4H3. The minimum atomic E-state index is -0.00975. The number of aromatic nitrogens is 2. The lowest BCUT2D eigenvalue weighted by Crippen LogP contribution is -2.22. The number of ketones is 1. The van der Waals surface area contributed by atoms with Gasteiger partial charge in [0.15, 0.2) is 17.3 Å². The number of hydrogen-bond acceptors (Lipinski definition) is 6. The van der Waals surface area contributed by atoms with Crippen LogP contribution in [0.4, 0.5) is 5.95 Å². The number of hydrogen-bond donors (Lipinski definition) is 0. The lowest BCUT2D eigenvalue weighted by Gasteiger charge is -2.19. The molecule has 6 heteroatoms. The molecule has 0 N–H and O–H groups in total. The molecule has 1 aliphatic rings. The molecule has 1 aromatic heterocycles. The first-order chi connectivity index (χ1) is 12.0. The molecule has 1 atom stereocenters. The zero-order valence-electron chi connectivity index (χ0n) is 15.1. The highest BCUT2D eigenvalue weighted by Crippen LogP contribution is 2.39. The van der Waals surface area contributed by atoms with Gasteiger partial charge in [0.2, 0.25) is 5.95 Å². The van der Waals surface area contributed by atoms with Crippen molar-refractivity contribution in [1.82, 2.24) is 9.97 Å². The van der Waals surface area contributed by atoms with Crippen LogP contribution in [0.15, 0.2) is 24.4 Å². The van der Waals surface area contributed by atoms with Crippen LogP contribution >= 0.6 is 0 Å². The van der Waals surface area contributed by atoms with Crippen molar-refractivity contribution in [2.24, 2.45) is 0 Å². The first-order valence-corrected chi connectivity index (χ1v) is 8.35. The van der Waals surface area contributed by atoms with Crippen molar-refractivity contribution >= 4 is 11.7 Å². The molecule has 132 valence electrons. The first-order valence-electron chi connectivity index (χ1n) is 8.35. The van der Waals surface area contributed by atoms with E-state index in [4.69, 9.17) is 9.47 Å². The SMILES string of the molecule is COc1cccc(C2CCN(c3ncc(C(C)=O)c(C)n3)C2)c1OC. The van der Waals surface area contributed by atoms with E-state index in [1.807, 2.05) is 19.1 Å². The molecule has 0 saturated carbocycles. The molecule has 0 bridgehead atoms. The zero-order chi connectivity index (χ0) is 18.0. The Hall–Kier alpha value is -2.63. The number of anilines is 1. The number of aryl methyl sites for hydroxylation is 1. The number of ether oxygens (including phenoxy) is 2. The van der Waals surface area contributed by atoms with Gasteiger partial charge >= 0.3 is 0 Å². The highest BCUT2D eigenvalue weighted by atomic mass is 16.5. The molecule has 0 aliphatic carbocycles. The van der Waals surface area contributed by atoms with Gasteiger partial charge in [-0.2, -0.15) is 0 Å². The topological polar surface area (TPSA) is 64.5 Å². The summed E-state index contributed by atoms with van der Waals surface area (Å²) in [5, 5.41) is 0. The van der Waals surface area contributed by atoms with E-state index >= 15 is 0 Å². The van der Waals surface area contributed by atoms with E-state index in [0.29, 0.717) is 17.4 Å². The van der Waals surface area contributed by atoms with E-state index in [1.165, 1.54) is 6.92 Å². The maximum Gasteiger partial charge on any atom is 0.225 e. The summed E-state index contributed by atoms with van der Waals surface area (Å²) in [4.78, 5) is 22.6. The molecule has 0 radical (unpaired) electrons. The summed E-state index contributed by atoms with van der Waals surface area (Å²) in [6.07, 6.45) is 2.61. The lowest BCUT2D eigenvalue weighted by atomic mass is 9.97. The van der Waals surface area contributed by atoms with Crippen molar-refractivity contribution in [3.8, 4) is 11.5 Å². The maximum absolute atomic E-state index is 11.5. The molecule has 0 amide bonds. The van der Waals surface area contributed by atoms with Crippen molar-refractivity contribution in [3.63, 3.8) is 0 Å². The van der Waals surface area contributed by atoms with E-state index in [1.54, 1.807) is 20.4 Å². The van der Waals surface area contributed by atoms with Gasteiger partial charge in [0.05, 0.1) is 25.5 Å². The Morgan fingerprint density at radius 1 is 1.28 bits per heavy atom. The van der Waals surface area contributed by atoms with E-state index in [0.717, 1.165) is 42.3 Å². The van der Waals surface area contributed by atoms with Gasteiger partial charge < -0.3 is 14.4 Å². The van der Waals surface area contributed by atoms with Crippen LogP contribution in [0.3, 0.4) is 0 Å². The van der Waals surface area contributed by atoms with Crippen LogP contribution in [0.2, 0.25) is 0 Å². The third kappa shape index (κ3) is 3.29. The van der Waals surface area contributed by atoms with Crippen LogP contribution in [0.25, 0.3) is 0 Å². The normalized spacial score (nSPS) is 16.8. The van der Waals surface area contributed by atoms with Gasteiger partial charge in [-0.05, 0) is 26.3 Å². The number of carbonyl (C=O) groups excluding carboxylic acids is 1. The summed E-state index contributed by atoms with van der Waals surface area (Å²) in [5.41, 5.74) is 2.44. The fourth-order valence-electron chi connectivity index (χ4n) is 3.38. The molecule has 1 fully saturated rings. The van der Waals surface area contributed by atoms with Gasteiger partial charge in [-0.1, -0.05) is 12.1 Å². The molecule has 1 saturated heterocycles. The summed E-state index contributed by atoms with van der Waals surface area (Å²) in [7, 11) is 3.32. The van der Waals surface area contributed by atoms with Crippen LogP contribution in [0, 0.1) is 6.92 Å². The molecule has 1 aromatic carbocycles. The van der Waals surface area contributed by atoms with Crippen molar-refractivity contribution < 1.29 is 14.3 Å². The molecular weight excluding hydrogens is 318 g/mol. The van der Waals surface area contributed by atoms with Gasteiger partial charge in [-0.25, -0.2) is 9.97 Å². The number of carbonyl (C=O) groups is 1. The Bertz CT molecular complexity index is 791. The molecule has 1 aliphatic heterocycles. The molecule has 1 unspecified atom stereocenters. The minimum Gasteiger partial charge on any atom is -0.493 e. The Morgan fingerprint density at radius 3 is 2.72 bits per heavy atom. The average Bonchev–Trinajstić information content (AvgIpc) is 3.10. The van der Waals surface area contributed by atoms with Crippen LogP contribution < -0.4 is 14.4 Å². The monoisotopic (exact) mass is 341 g/mol. The zero-order valence-corrected chi connectivity index (χ0v) is 15.1. The lowest BCUT2D eigenvalue weighted by molar-refractivity contribution is 0.101. The van der Waals surface area contributed by atoms with Crippen LogP contribution in [0.1, 0.15) is 40.9 Å². The van der Waals surface area contributed by atoms with Crippen molar-refractivity contribution in [2.45, 2.75) is 26.2 Å². The van der Waals surface area contributed by atoms with E-state index < -0.39 is 0 Å². The summed E-state index contributed by atoms with van der Waals surface area (Å²) in [6, 6.07) is 5.98. The molecule has 2 aromatic rings. The smallest absolute Gasteiger partial charge is 0.225 e. The fourth-order valence-corrected chi connectivity index (χ4v) is 3.38. The van der Waals surface area contributed by atoms with E-state index in [9.17, 15) is 4.79 Å². The fraction of sp³-hybridized carbons (Fsp3) is 0.421. The van der Waals surface area contributed by atoms with Gasteiger partial charge in [0.1, 0.15) is 0 Å². The largest absolute Gasteiger partial charge is 0.493 e. The second kappa shape index (κ2) is 7.09. The maximum atomic E-state index is 11.5. The van der Waals surface area contributed by atoms with E-state index in [-0.39, 0.29) is 5.78 Å². The second-order valence-electron chi connectivity index (χ2n) is 6.24. The summed E-state index contributed by atoms with van der Waals surface area (Å²) in [6.45, 7) is 5.05. The molecule has 2 heterocycles. The molecule has 0 spiro atoms. The summed E-state index contributed by atoms with van der Waals surface area (Å²) >= 11 is 0. The first kappa shape index (κ1) is 17.2. The number of Topliss-reactive ketones (excluding diaryl/α,β-unsaturated/α-hetero) is 1. The third-order valence-electron chi connectivity index (χ3n) is 4.69. The number of benzene rings is 1. The third-order valence-corrected chi connectivity index (χ3v) is 4.69. The van der Waals surface area contributed by atoms with Crippen LogP contribution in [0.5, 0.6) is 11.5 Å². The van der Waals surface area contributed by atoms with Gasteiger partial charge in [-0.3, -0.25) is 4.79 Å². The van der Waals surface area contributed by atoms with Crippen LogP contribution in [-0.4, -0.2) is 43.1 Å². The highest BCUT2D eigenvalue weighted by molar-refractivity contribution is 5.94. The Balaban J connectivity index is 1.83. The summed E-state index contributed by atoms with van der Waals surface area (Å²) in [5.74, 6) is 2.52. The molecule has 3 rings (SSSR count). The van der Waals surface area contributed by atoms with Gasteiger partial charge in [0.25, 0.3) is 0 Å². The van der Waals surface area contributed by atoms with Crippen LogP contribution in [-0.2, 0) is 0 Å². The minimum absolute atomic E-state index is 0.00975. The summed E-state index contributed by atoms with van der Waals surface area (Å²) < 4.78 is 11.0. The second-order valence-corrected chi connectivity index (χ2v) is 6.24. The predicted octanol–water partition coefficient (Wildman–Crippen LogP) is 3.00. The highest BCUT2D eigenvalue weighted by Gasteiger charge is 2.29.